The molecule has 0 saturated heterocycles. The topological polar surface area (TPSA) is 49.7 Å². The first-order valence-electron chi connectivity index (χ1n) is 7.68. The molecular formula is C18H22N2O2S. The second-order valence-corrected chi connectivity index (χ2v) is 6.92. The fourth-order valence-electron chi connectivity index (χ4n) is 2.26. The van der Waals surface area contributed by atoms with Gasteiger partial charge in [-0.05, 0) is 50.6 Å². The van der Waals surface area contributed by atoms with Crippen molar-refractivity contribution >= 4 is 21.9 Å². The minimum atomic E-state index is -3.65. The molecule has 0 aromatic heterocycles. The van der Waals surface area contributed by atoms with Gasteiger partial charge in [0.05, 0.1) is 4.90 Å². The average molecular weight is 330 g/mol. The van der Waals surface area contributed by atoms with Gasteiger partial charge in [-0.15, -0.1) is 0 Å². The number of sulfonamides is 1. The molecule has 0 radical (unpaired) electrons. The molecule has 0 bridgehead atoms. The normalized spacial score (nSPS) is 11.8. The minimum Gasteiger partial charge on any atom is -0.372 e. The van der Waals surface area contributed by atoms with Crippen LogP contribution < -0.4 is 4.90 Å². The molecule has 0 unspecified atom stereocenters. The molecule has 122 valence electrons. The molecule has 0 aliphatic heterocycles. The molecule has 0 aliphatic rings. The van der Waals surface area contributed by atoms with E-state index in [1.807, 2.05) is 31.2 Å². The lowest BCUT2D eigenvalue weighted by molar-refractivity contribution is 0.598. The largest absolute Gasteiger partial charge is 0.372 e. The zero-order valence-electron chi connectivity index (χ0n) is 13.7. The van der Waals surface area contributed by atoms with Gasteiger partial charge in [0.2, 0.25) is 0 Å². The number of aryl methyl sites for hydroxylation is 1. The van der Waals surface area contributed by atoms with E-state index in [1.54, 1.807) is 24.3 Å². The van der Waals surface area contributed by atoms with Crippen LogP contribution in [0, 0.1) is 6.92 Å². The third-order valence-electron chi connectivity index (χ3n) is 3.68. The molecular weight excluding hydrogens is 308 g/mol. The molecule has 5 heteroatoms. The van der Waals surface area contributed by atoms with Gasteiger partial charge in [-0.3, -0.25) is 0 Å². The van der Waals surface area contributed by atoms with Crippen LogP contribution in [-0.4, -0.2) is 27.7 Å². The van der Waals surface area contributed by atoms with Crippen LogP contribution in [0.3, 0.4) is 0 Å². The molecule has 2 aromatic carbocycles. The summed E-state index contributed by atoms with van der Waals surface area (Å²) in [5.74, 6) is 0. The fraction of sp³-hybridized carbons (Fsp3) is 0.278. The molecule has 0 heterocycles. The molecule has 2 aromatic rings. The van der Waals surface area contributed by atoms with E-state index in [-0.39, 0.29) is 4.90 Å². The second-order valence-electron chi connectivity index (χ2n) is 5.29. The van der Waals surface area contributed by atoms with Crippen molar-refractivity contribution in [3.8, 4) is 0 Å². The maximum Gasteiger partial charge on any atom is 0.282 e. The maximum absolute atomic E-state index is 12.2. The van der Waals surface area contributed by atoms with Crippen molar-refractivity contribution in [3.63, 3.8) is 0 Å². The number of nitrogens with zero attached hydrogens (tertiary/aromatic N) is 2. The van der Waals surface area contributed by atoms with Crippen molar-refractivity contribution in [1.29, 1.82) is 0 Å². The standard InChI is InChI=1S/C18H22N2O2S/c1-4-20(5-2)17-10-8-16(9-11-17)14-19-23(21,22)18-12-6-15(3)7-13-18/h6-14H,4-5H2,1-3H3/b19-14+. The minimum absolute atomic E-state index is 0.208. The van der Waals surface area contributed by atoms with E-state index in [1.165, 1.54) is 6.21 Å². The summed E-state index contributed by atoms with van der Waals surface area (Å²) < 4.78 is 28.1. The Morgan fingerprint density at radius 1 is 0.957 bits per heavy atom. The summed E-state index contributed by atoms with van der Waals surface area (Å²) in [4.78, 5) is 2.43. The zero-order chi connectivity index (χ0) is 16.9. The molecule has 23 heavy (non-hydrogen) atoms. The van der Waals surface area contributed by atoms with Crippen molar-refractivity contribution in [2.75, 3.05) is 18.0 Å². The van der Waals surface area contributed by atoms with Gasteiger partial charge in [-0.1, -0.05) is 29.8 Å². The lowest BCUT2D eigenvalue weighted by Crippen LogP contribution is -2.21. The quantitative estimate of drug-likeness (QED) is 0.760. The molecule has 2 rings (SSSR count). The summed E-state index contributed by atoms with van der Waals surface area (Å²) in [7, 11) is -3.65. The van der Waals surface area contributed by atoms with Crippen LogP contribution in [0.1, 0.15) is 25.0 Å². The average Bonchev–Trinajstić information content (AvgIpc) is 2.56. The van der Waals surface area contributed by atoms with E-state index in [2.05, 4.69) is 23.1 Å². The van der Waals surface area contributed by atoms with Gasteiger partial charge in [0.15, 0.2) is 0 Å². The van der Waals surface area contributed by atoms with Gasteiger partial charge >= 0.3 is 0 Å². The molecule has 0 saturated carbocycles. The predicted octanol–water partition coefficient (Wildman–Crippen LogP) is 3.65. The molecule has 0 N–H and O–H groups in total. The molecule has 4 nitrogen and oxygen atoms in total. The van der Waals surface area contributed by atoms with Crippen LogP contribution in [-0.2, 0) is 10.0 Å². The van der Waals surface area contributed by atoms with Crippen LogP contribution >= 0.6 is 0 Å². The number of hydrogen-bond acceptors (Lipinski definition) is 3. The highest BCUT2D eigenvalue weighted by atomic mass is 32.2. The lowest BCUT2D eigenvalue weighted by Gasteiger charge is -2.20. The van der Waals surface area contributed by atoms with E-state index in [4.69, 9.17) is 0 Å². The summed E-state index contributed by atoms with van der Waals surface area (Å²) in [5, 5.41) is 0. The monoisotopic (exact) mass is 330 g/mol. The smallest absolute Gasteiger partial charge is 0.282 e. The molecule has 0 aliphatic carbocycles. The Morgan fingerprint density at radius 2 is 1.52 bits per heavy atom. The van der Waals surface area contributed by atoms with Gasteiger partial charge in [-0.2, -0.15) is 12.8 Å². The Bertz CT molecular complexity index is 760. The molecule has 0 amide bonds. The van der Waals surface area contributed by atoms with E-state index in [0.717, 1.165) is 29.9 Å². The predicted molar refractivity (Wildman–Crippen MR) is 96.0 cm³/mol. The Balaban J connectivity index is 2.17. The fourth-order valence-corrected chi connectivity index (χ4v) is 3.12. The van der Waals surface area contributed by atoms with Crippen molar-refractivity contribution in [1.82, 2.24) is 0 Å². The van der Waals surface area contributed by atoms with E-state index < -0.39 is 10.0 Å². The van der Waals surface area contributed by atoms with Gasteiger partial charge in [0, 0.05) is 25.0 Å². The number of anilines is 1. The van der Waals surface area contributed by atoms with Crippen molar-refractivity contribution in [2.24, 2.45) is 4.40 Å². The first-order chi connectivity index (χ1) is 11.0. The summed E-state index contributed by atoms with van der Waals surface area (Å²) in [6, 6.07) is 14.4. The van der Waals surface area contributed by atoms with Gasteiger partial charge in [-0.25, -0.2) is 0 Å². The highest BCUT2D eigenvalue weighted by Gasteiger charge is 2.10. The van der Waals surface area contributed by atoms with Crippen LogP contribution in [0.5, 0.6) is 0 Å². The lowest BCUT2D eigenvalue weighted by atomic mass is 10.2. The number of rotatable bonds is 6. The van der Waals surface area contributed by atoms with Crippen LogP contribution in [0.15, 0.2) is 57.8 Å². The zero-order valence-corrected chi connectivity index (χ0v) is 14.5. The Morgan fingerprint density at radius 3 is 2.04 bits per heavy atom. The Labute approximate surface area is 138 Å². The third kappa shape index (κ3) is 4.42. The second kappa shape index (κ2) is 7.42. The van der Waals surface area contributed by atoms with Crippen LogP contribution in [0.2, 0.25) is 0 Å². The van der Waals surface area contributed by atoms with Gasteiger partial charge in [0.1, 0.15) is 0 Å². The summed E-state index contributed by atoms with van der Waals surface area (Å²) in [6.07, 6.45) is 1.39. The molecule has 0 spiro atoms. The van der Waals surface area contributed by atoms with E-state index >= 15 is 0 Å². The van der Waals surface area contributed by atoms with Crippen molar-refractivity contribution in [3.05, 3.63) is 59.7 Å². The Hall–Kier alpha value is -2.14. The summed E-state index contributed by atoms with van der Waals surface area (Å²) in [6.45, 7) is 7.99. The number of hydrogen-bond donors (Lipinski definition) is 0. The highest BCUT2D eigenvalue weighted by molar-refractivity contribution is 7.90. The van der Waals surface area contributed by atoms with Gasteiger partial charge < -0.3 is 4.90 Å². The van der Waals surface area contributed by atoms with Crippen LogP contribution in [0.4, 0.5) is 5.69 Å². The third-order valence-corrected chi connectivity index (χ3v) is 4.93. The van der Waals surface area contributed by atoms with E-state index in [9.17, 15) is 8.42 Å². The van der Waals surface area contributed by atoms with Crippen LogP contribution in [0.25, 0.3) is 0 Å². The number of benzene rings is 2. The maximum atomic E-state index is 12.2. The first-order valence-corrected chi connectivity index (χ1v) is 9.12. The van der Waals surface area contributed by atoms with Gasteiger partial charge in [0.25, 0.3) is 10.0 Å². The molecule has 0 atom stereocenters. The SMILES string of the molecule is CCN(CC)c1ccc(/C=N/S(=O)(=O)c2ccc(C)cc2)cc1. The summed E-state index contributed by atoms with van der Waals surface area (Å²) >= 11 is 0. The Kier molecular flexibility index (Phi) is 5.55. The van der Waals surface area contributed by atoms with Crippen molar-refractivity contribution < 1.29 is 8.42 Å². The highest BCUT2D eigenvalue weighted by Crippen LogP contribution is 2.16. The first kappa shape index (κ1) is 17.2. The van der Waals surface area contributed by atoms with E-state index in [0.29, 0.717) is 0 Å². The summed E-state index contributed by atoms with van der Waals surface area (Å²) in [5.41, 5.74) is 2.89. The van der Waals surface area contributed by atoms with Crippen molar-refractivity contribution in [2.45, 2.75) is 25.7 Å². The molecule has 0 fully saturated rings.